The van der Waals surface area contributed by atoms with E-state index in [1.807, 2.05) is 13.0 Å². The van der Waals surface area contributed by atoms with Gasteiger partial charge in [-0.3, -0.25) is 0 Å². The van der Waals surface area contributed by atoms with Crippen LogP contribution in [0.25, 0.3) is 0 Å². The van der Waals surface area contributed by atoms with E-state index in [1.165, 1.54) is 10.5 Å². The lowest BCUT2D eigenvalue weighted by Gasteiger charge is -2.13. The fraction of sp³-hybridized carbons (Fsp3) is 0.333. The van der Waals surface area contributed by atoms with Crippen LogP contribution in [0.1, 0.15) is 30.9 Å². The first kappa shape index (κ1) is 16.6. The lowest BCUT2D eigenvalue weighted by Crippen LogP contribution is -2.22. The molecular weight excluding hydrogens is 292 g/mol. The van der Waals surface area contributed by atoms with E-state index >= 15 is 0 Å². The zero-order valence-corrected chi connectivity index (χ0v) is 14.2. The van der Waals surface area contributed by atoms with Crippen molar-refractivity contribution in [3.8, 4) is 5.75 Å². The minimum absolute atomic E-state index is 0.713. The average molecular weight is 315 g/mol. The van der Waals surface area contributed by atoms with Crippen molar-refractivity contribution < 1.29 is 10.3 Å². The largest absolute Gasteiger partial charge is 0.492 e. The molecule has 0 spiro atoms. The van der Waals surface area contributed by atoms with Crippen LogP contribution < -0.4 is 10.3 Å². The number of hydrogen-bond acceptors (Lipinski definition) is 3. The van der Waals surface area contributed by atoms with Gasteiger partial charge in [0.2, 0.25) is 0 Å². The number of unbranched alkanes of at least 4 members (excludes halogenated alkanes) is 1. The molecule has 0 radical (unpaired) electrons. The van der Waals surface area contributed by atoms with Gasteiger partial charge in [-0.2, -0.15) is 5.53 Å². The molecule has 0 aliphatic carbocycles. The highest BCUT2D eigenvalue weighted by Gasteiger charge is 2.11. The van der Waals surface area contributed by atoms with Gasteiger partial charge in [0.15, 0.2) is 0 Å². The second-order valence-corrected chi connectivity index (χ2v) is 6.45. The smallest absolute Gasteiger partial charge is 0.136 e. The van der Waals surface area contributed by atoms with Crippen LogP contribution in [0.4, 0.5) is 5.69 Å². The normalized spacial score (nSPS) is 10.5. The van der Waals surface area contributed by atoms with Gasteiger partial charge < -0.3 is 4.74 Å². The van der Waals surface area contributed by atoms with E-state index in [0.717, 1.165) is 34.7 Å². The number of aryl methyl sites for hydroxylation is 2. The molecule has 2 rings (SSSR count). The summed E-state index contributed by atoms with van der Waals surface area (Å²) in [5.74, 6) is 0.855. The molecular formula is C18H23N2OS+. The molecule has 0 saturated carbocycles. The first-order valence-corrected chi connectivity index (χ1v) is 8.38. The minimum atomic E-state index is 0.713. The molecule has 2 aromatic rings. The van der Waals surface area contributed by atoms with Gasteiger partial charge >= 0.3 is 0 Å². The van der Waals surface area contributed by atoms with Gasteiger partial charge in [-0.1, -0.05) is 42.8 Å². The summed E-state index contributed by atoms with van der Waals surface area (Å²) in [6.07, 6.45) is 2.15. The van der Waals surface area contributed by atoms with Crippen LogP contribution in [-0.2, 0) is 0 Å². The molecule has 0 aromatic heterocycles. The lowest BCUT2D eigenvalue weighted by atomic mass is 10.2. The molecule has 0 fully saturated rings. The molecule has 2 aromatic carbocycles. The summed E-state index contributed by atoms with van der Waals surface area (Å²) in [6.45, 7) is 6.97. The molecule has 0 unspecified atom stereocenters. The second kappa shape index (κ2) is 7.99. The highest BCUT2D eigenvalue weighted by atomic mass is 32.2. The Hall–Kier alpha value is -1.81. The van der Waals surface area contributed by atoms with Crippen LogP contribution in [0.5, 0.6) is 5.75 Å². The monoisotopic (exact) mass is 315 g/mol. The van der Waals surface area contributed by atoms with Gasteiger partial charge in [0.25, 0.3) is 0 Å². The fourth-order valence-corrected chi connectivity index (χ4v) is 3.02. The SMILES string of the molecule is CCCCOc1cc(N=[NH2+])c(C)cc1Sc1ccc(C)cc1. The molecule has 0 bridgehead atoms. The second-order valence-electron chi connectivity index (χ2n) is 5.33. The van der Waals surface area contributed by atoms with Gasteiger partial charge in [0.1, 0.15) is 11.4 Å². The van der Waals surface area contributed by atoms with E-state index in [-0.39, 0.29) is 0 Å². The lowest BCUT2D eigenvalue weighted by molar-refractivity contribution is -0.210. The maximum absolute atomic E-state index is 5.93. The Morgan fingerprint density at radius 2 is 1.86 bits per heavy atom. The van der Waals surface area contributed by atoms with E-state index in [9.17, 15) is 0 Å². The average Bonchev–Trinajstić information content (AvgIpc) is 2.51. The van der Waals surface area contributed by atoms with Crippen molar-refractivity contribution in [2.45, 2.75) is 43.4 Å². The number of benzene rings is 2. The van der Waals surface area contributed by atoms with Crippen LogP contribution >= 0.6 is 11.8 Å². The van der Waals surface area contributed by atoms with Crippen LogP contribution in [0, 0.1) is 13.8 Å². The Labute approximate surface area is 136 Å². The fourth-order valence-electron chi connectivity index (χ4n) is 2.04. The van der Waals surface area contributed by atoms with E-state index in [0.29, 0.717) is 6.61 Å². The maximum Gasteiger partial charge on any atom is 0.136 e. The number of nitrogens with zero attached hydrogens (tertiary/aromatic N) is 1. The summed E-state index contributed by atoms with van der Waals surface area (Å²) >= 11 is 1.71. The van der Waals surface area contributed by atoms with Gasteiger partial charge in [0.05, 0.1) is 11.5 Å². The summed E-state index contributed by atoms with van der Waals surface area (Å²) in [5.41, 5.74) is 8.55. The molecule has 22 heavy (non-hydrogen) atoms. The van der Waals surface area contributed by atoms with Crippen LogP contribution in [0.15, 0.2) is 51.3 Å². The third-order valence-corrected chi connectivity index (χ3v) is 4.45. The van der Waals surface area contributed by atoms with Crippen molar-refractivity contribution in [1.29, 1.82) is 0 Å². The van der Waals surface area contributed by atoms with Gasteiger partial charge in [-0.05, 0) is 49.1 Å². The van der Waals surface area contributed by atoms with Gasteiger partial charge in [-0.15, -0.1) is 0 Å². The standard InChI is InChI=1S/C18H22N2OS/c1-4-5-10-21-17-12-16(20-19)14(3)11-18(17)22-15-8-6-13(2)7-9-15/h6-9,11-12,19H,4-5,10H2,1-3H3/p+1. The van der Waals surface area contributed by atoms with E-state index < -0.39 is 0 Å². The predicted octanol–water partition coefficient (Wildman–Crippen LogP) is 4.48. The third-order valence-electron chi connectivity index (χ3n) is 3.41. The number of hydrogen-bond donors (Lipinski definition) is 1. The molecule has 0 amide bonds. The molecule has 0 aliphatic heterocycles. The Morgan fingerprint density at radius 1 is 1.14 bits per heavy atom. The number of nitrogens with two attached hydrogens (primary N) is 1. The molecule has 4 heteroatoms. The number of rotatable bonds is 7. The first-order chi connectivity index (χ1) is 10.6. The summed E-state index contributed by atoms with van der Waals surface area (Å²) in [6, 6.07) is 12.5. The van der Waals surface area contributed by atoms with Crippen molar-refractivity contribution >= 4 is 17.4 Å². The van der Waals surface area contributed by atoms with Crippen molar-refractivity contribution in [3.63, 3.8) is 0 Å². The molecule has 3 nitrogen and oxygen atoms in total. The molecule has 2 N–H and O–H groups in total. The molecule has 116 valence electrons. The van der Waals surface area contributed by atoms with Crippen molar-refractivity contribution in [2.75, 3.05) is 6.61 Å². The molecule has 0 heterocycles. The van der Waals surface area contributed by atoms with Crippen LogP contribution in [0.3, 0.4) is 0 Å². The Bertz CT molecular complexity index is 638. The topological polar surface area (TPSA) is 47.2 Å². The van der Waals surface area contributed by atoms with Gasteiger partial charge in [0, 0.05) is 11.0 Å². The zero-order valence-electron chi connectivity index (χ0n) is 13.4. The van der Waals surface area contributed by atoms with Crippen LogP contribution in [0.2, 0.25) is 0 Å². The van der Waals surface area contributed by atoms with Crippen molar-refractivity contribution in [1.82, 2.24) is 0 Å². The third kappa shape index (κ3) is 4.34. The molecule has 0 aliphatic rings. The highest BCUT2D eigenvalue weighted by Crippen LogP contribution is 2.39. The quantitative estimate of drug-likeness (QED) is 0.605. The summed E-state index contributed by atoms with van der Waals surface area (Å²) < 4.78 is 5.93. The van der Waals surface area contributed by atoms with E-state index in [2.05, 4.69) is 49.3 Å². The Balaban J connectivity index is 2.28. The van der Waals surface area contributed by atoms with Gasteiger partial charge in [-0.25, -0.2) is 0 Å². The minimum Gasteiger partial charge on any atom is -0.492 e. The Kier molecular flexibility index (Phi) is 6.01. The maximum atomic E-state index is 5.93. The molecule has 0 atom stereocenters. The summed E-state index contributed by atoms with van der Waals surface area (Å²) in [5, 5.41) is 3.83. The van der Waals surface area contributed by atoms with E-state index in [4.69, 9.17) is 10.3 Å². The van der Waals surface area contributed by atoms with Crippen LogP contribution in [-0.4, -0.2) is 6.61 Å². The number of ether oxygens (including phenoxy) is 1. The van der Waals surface area contributed by atoms with E-state index in [1.54, 1.807) is 11.8 Å². The first-order valence-electron chi connectivity index (χ1n) is 7.57. The van der Waals surface area contributed by atoms with Crippen molar-refractivity contribution in [2.24, 2.45) is 5.11 Å². The highest BCUT2D eigenvalue weighted by molar-refractivity contribution is 7.99. The zero-order chi connectivity index (χ0) is 15.9. The predicted molar refractivity (Wildman–Crippen MR) is 90.9 cm³/mol. The summed E-state index contributed by atoms with van der Waals surface area (Å²) in [7, 11) is 0. The summed E-state index contributed by atoms with van der Waals surface area (Å²) in [4.78, 5) is 2.30. The Morgan fingerprint density at radius 3 is 2.50 bits per heavy atom. The van der Waals surface area contributed by atoms with Crippen molar-refractivity contribution in [3.05, 3.63) is 47.5 Å². The molecule has 0 saturated heterocycles.